The van der Waals surface area contributed by atoms with Gasteiger partial charge < -0.3 is 14.7 Å². The van der Waals surface area contributed by atoms with E-state index >= 15 is 0 Å². The Morgan fingerprint density at radius 1 is 1.32 bits per heavy atom. The summed E-state index contributed by atoms with van der Waals surface area (Å²) in [6.07, 6.45) is 1.26. The number of nitrogens with zero attached hydrogens (tertiary/aromatic N) is 1. The number of rotatable bonds is 5. The third kappa shape index (κ3) is 3.85. The molecule has 2 aromatic carbocycles. The SMILES string of the molecule is CCOc1cc(C=NO)cc(Br)c1OC(=O)c1ccccc1. The lowest BCUT2D eigenvalue weighted by Crippen LogP contribution is -2.10. The van der Waals surface area contributed by atoms with Crippen molar-refractivity contribution in [2.75, 3.05) is 6.61 Å². The number of halogens is 1. The number of benzene rings is 2. The minimum Gasteiger partial charge on any atom is -0.490 e. The Morgan fingerprint density at radius 3 is 2.68 bits per heavy atom. The monoisotopic (exact) mass is 363 g/mol. The van der Waals surface area contributed by atoms with E-state index in [1.807, 2.05) is 13.0 Å². The zero-order chi connectivity index (χ0) is 15.9. The Morgan fingerprint density at radius 2 is 2.05 bits per heavy atom. The average molecular weight is 364 g/mol. The van der Waals surface area contributed by atoms with Gasteiger partial charge in [0.05, 0.1) is 22.9 Å². The van der Waals surface area contributed by atoms with Gasteiger partial charge >= 0.3 is 5.97 Å². The van der Waals surface area contributed by atoms with E-state index in [-0.39, 0.29) is 5.75 Å². The number of ether oxygens (including phenoxy) is 2. The van der Waals surface area contributed by atoms with Crippen LogP contribution in [0.5, 0.6) is 11.5 Å². The Hall–Kier alpha value is -2.34. The highest BCUT2D eigenvalue weighted by Gasteiger charge is 2.16. The number of esters is 1. The van der Waals surface area contributed by atoms with Crippen LogP contribution in [-0.2, 0) is 0 Å². The van der Waals surface area contributed by atoms with Gasteiger partial charge in [-0.2, -0.15) is 0 Å². The predicted molar refractivity (Wildman–Crippen MR) is 86.1 cm³/mol. The summed E-state index contributed by atoms with van der Waals surface area (Å²) >= 11 is 3.34. The standard InChI is InChI=1S/C16H14BrNO4/c1-2-21-14-9-11(10-18-20)8-13(17)15(14)22-16(19)12-6-4-3-5-7-12/h3-10,20H,2H2,1H3. The molecule has 0 radical (unpaired) electrons. The average Bonchev–Trinajstić information content (AvgIpc) is 2.52. The highest BCUT2D eigenvalue weighted by atomic mass is 79.9. The summed E-state index contributed by atoms with van der Waals surface area (Å²) in [5.41, 5.74) is 1.05. The number of oxime groups is 1. The van der Waals surface area contributed by atoms with Crippen LogP contribution in [0.1, 0.15) is 22.8 Å². The molecule has 0 bridgehead atoms. The molecule has 6 heteroatoms. The third-order valence-electron chi connectivity index (χ3n) is 2.74. The second-order valence-corrected chi connectivity index (χ2v) is 5.12. The van der Waals surface area contributed by atoms with E-state index in [2.05, 4.69) is 21.1 Å². The topological polar surface area (TPSA) is 68.1 Å². The minimum absolute atomic E-state index is 0.283. The van der Waals surface area contributed by atoms with Gasteiger partial charge in [0.2, 0.25) is 0 Å². The van der Waals surface area contributed by atoms with Crippen LogP contribution < -0.4 is 9.47 Å². The summed E-state index contributed by atoms with van der Waals surface area (Å²) in [4.78, 5) is 12.2. The maximum absolute atomic E-state index is 12.2. The van der Waals surface area contributed by atoms with E-state index in [4.69, 9.17) is 14.7 Å². The molecule has 0 saturated heterocycles. The number of hydrogen-bond acceptors (Lipinski definition) is 5. The van der Waals surface area contributed by atoms with Crippen molar-refractivity contribution < 1.29 is 19.5 Å². The molecule has 1 N–H and O–H groups in total. The van der Waals surface area contributed by atoms with Crippen molar-refractivity contribution in [3.8, 4) is 11.5 Å². The summed E-state index contributed by atoms with van der Waals surface area (Å²) in [6.45, 7) is 2.23. The molecular formula is C16H14BrNO4. The van der Waals surface area contributed by atoms with Crippen molar-refractivity contribution in [2.45, 2.75) is 6.92 Å². The van der Waals surface area contributed by atoms with Crippen molar-refractivity contribution in [3.05, 3.63) is 58.1 Å². The second kappa shape index (κ2) is 7.61. The molecule has 0 fully saturated rings. The molecule has 0 aliphatic rings. The maximum Gasteiger partial charge on any atom is 0.343 e. The van der Waals surface area contributed by atoms with Crippen LogP contribution in [0.3, 0.4) is 0 Å². The summed E-state index contributed by atoms with van der Waals surface area (Å²) in [7, 11) is 0. The lowest BCUT2D eigenvalue weighted by Gasteiger charge is -2.13. The normalized spacial score (nSPS) is 10.6. The fraction of sp³-hybridized carbons (Fsp3) is 0.125. The van der Waals surface area contributed by atoms with E-state index in [0.717, 1.165) is 0 Å². The molecule has 0 amide bonds. The van der Waals surface area contributed by atoms with Crippen LogP contribution in [-0.4, -0.2) is 24.0 Å². The van der Waals surface area contributed by atoms with E-state index in [1.165, 1.54) is 6.21 Å². The number of carbonyl (C=O) groups excluding carboxylic acids is 1. The molecule has 22 heavy (non-hydrogen) atoms. The fourth-order valence-corrected chi connectivity index (χ4v) is 2.36. The van der Waals surface area contributed by atoms with Crippen molar-refractivity contribution >= 4 is 28.1 Å². The van der Waals surface area contributed by atoms with Gasteiger partial charge in [-0.1, -0.05) is 23.4 Å². The molecule has 0 unspecified atom stereocenters. The van der Waals surface area contributed by atoms with Crippen LogP contribution in [0.25, 0.3) is 0 Å². The lowest BCUT2D eigenvalue weighted by atomic mass is 10.2. The van der Waals surface area contributed by atoms with Gasteiger partial charge in [-0.05, 0) is 47.1 Å². The highest BCUT2D eigenvalue weighted by Crippen LogP contribution is 2.37. The Labute approximate surface area is 136 Å². The molecule has 0 aliphatic heterocycles. The van der Waals surface area contributed by atoms with Gasteiger partial charge in [0.15, 0.2) is 11.5 Å². The molecule has 5 nitrogen and oxygen atoms in total. The molecule has 0 atom stereocenters. The summed E-state index contributed by atoms with van der Waals surface area (Å²) in [5.74, 6) is 0.188. The predicted octanol–water partition coefficient (Wildman–Crippen LogP) is 3.88. The minimum atomic E-state index is -0.481. The largest absolute Gasteiger partial charge is 0.490 e. The van der Waals surface area contributed by atoms with E-state index in [9.17, 15) is 4.79 Å². The van der Waals surface area contributed by atoms with Gasteiger partial charge in [0.25, 0.3) is 0 Å². The molecular weight excluding hydrogens is 350 g/mol. The van der Waals surface area contributed by atoms with Gasteiger partial charge in [-0.25, -0.2) is 4.79 Å². The van der Waals surface area contributed by atoms with Crippen LogP contribution in [0.2, 0.25) is 0 Å². The fourth-order valence-electron chi connectivity index (χ4n) is 1.82. The van der Waals surface area contributed by atoms with Gasteiger partial charge in [0.1, 0.15) is 0 Å². The van der Waals surface area contributed by atoms with Gasteiger partial charge in [-0.3, -0.25) is 0 Å². The van der Waals surface area contributed by atoms with E-state index in [0.29, 0.717) is 28.0 Å². The summed E-state index contributed by atoms with van der Waals surface area (Å²) < 4.78 is 11.4. The quantitative estimate of drug-likeness (QED) is 0.288. The van der Waals surface area contributed by atoms with E-state index < -0.39 is 5.97 Å². The summed E-state index contributed by atoms with van der Waals surface area (Å²) in [6, 6.07) is 12.0. The second-order valence-electron chi connectivity index (χ2n) is 4.26. The van der Waals surface area contributed by atoms with Gasteiger partial charge in [-0.15, -0.1) is 0 Å². The number of hydrogen-bond donors (Lipinski definition) is 1. The smallest absolute Gasteiger partial charge is 0.343 e. The Bertz CT molecular complexity index is 686. The first-order valence-corrected chi connectivity index (χ1v) is 7.36. The molecule has 0 aromatic heterocycles. The molecule has 2 rings (SSSR count). The molecule has 2 aromatic rings. The molecule has 0 aliphatic carbocycles. The van der Waals surface area contributed by atoms with Crippen LogP contribution >= 0.6 is 15.9 Å². The number of carbonyl (C=O) groups is 1. The van der Waals surface area contributed by atoms with Crippen LogP contribution in [0, 0.1) is 0 Å². The summed E-state index contributed by atoms with van der Waals surface area (Å²) in [5, 5.41) is 11.6. The van der Waals surface area contributed by atoms with Crippen molar-refractivity contribution in [1.29, 1.82) is 0 Å². The molecule has 0 saturated carbocycles. The lowest BCUT2D eigenvalue weighted by molar-refractivity contribution is 0.0727. The zero-order valence-corrected chi connectivity index (χ0v) is 13.4. The first-order chi connectivity index (χ1) is 10.7. The van der Waals surface area contributed by atoms with Crippen molar-refractivity contribution in [2.24, 2.45) is 5.16 Å². The molecule has 0 heterocycles. The Kier molecular flexibility index (Phi) is 5.55. The first kappa shape index (κ1) is 16.0. The van der Waals surface area contributed by atoms with Crippen molar-refractivity contribution in [1.82, 2.24) is 0 Å². The van der Waals surface area contributed by atoms with Crippen molar-refractivity contribution in [3.63, 3.8) is 0 Å². The maximum atomic E-state index is 12.2. The zero-order valence-electron chi connectivity index (χ0n) is 11.8. The van der Waals surface area contributed by atoms with Gasteiger partial charge in [0, 0.05) is 5.56 Å². The van der Waals surface area contributed by atoms with Crippen LogP contribution in [0.4, 0.5) is 0 Å². The highest BCUT2D eigenvalue weighted by molar-refractivity contribution is 9.10. The Balaban J connectivity index is 2.35. The van der Waals surface area contributed by atoms with Crippen LogP contribution in [0.15, 0.2) is 52.1 Å². The molecule has 114 valence electrons. The molecule has 0 spiro atoms. The third-order valence-corrected chi connectivity index (χ3v) is 3.33. The van der Waals surface area contributed by atoms with E-state index in [1.54, 1.807) is 36.4 Å². The first-order valence-electron chi connectivity index (χ1n) is 6.56.